The van der Waals surface area contributed by atoms with E-state index < -0.39 is 16.1 Å². The lowest BCUT2D eigenvalue weighted by atomic mass is 10.1. The van der Waals surface area contributed by atoms with E-state index in [1.807, 2.05) is 0 Å². The number of likely N-dealkylation sites (N-methyl/N-ethyl adjacent to an activating group) is 1. The topological polar surface area (TPSA) is 151 Å². The van der Waals surface area contributed by atoms with E-state index in [1.165, 1.54) is 10.9 Å². The van der Waals surface area contributed by atoms with Crippen molar-refractivity contribution in [1.29, 1.82) is 0 Å². The molecule has 2 aromatic heterocycles. The number of aliphatic hydroxyl groups excluding tert-OH is 1. The Morgan fingerprint density at radius 1 is 1.27 bits per heavy atom. The number of nitrogen functional groups attached to an aromatic ring is 1. The van der Waals surface area contributed by atoms with E-state index in [9.17, 15) is 13.5 Å². The molecule has 0 aliphatic heterocycles. The zero-order chi connectivity index (χ0) is 21.9. The van der Waals surface area contributed by atoms with Crippen LogP contribution in [0.4, 0.5) is 11.8 Å². The Labute approximate surface area is 175 Å². The second-order valence-corrected chi connectivity index (χ2v) is 8.88. The smallest absolute Gasteiger partial charge is 0.242 e. The van der Waals surface area contributed by atoms with Crippen LogP contribution in [0.25, 0.3) is 10.8 Å². The molecule has 0 bridgehead atoms. The number of hydrogen-bond acceptors (Lipinski definition) is 9. The number of nitrogens with zero attached hydrogens (tertiary/aromatic N) is 5. The minimum absolute atomic E-state index is 0.0425. The summed E-state index contributed by atoms with van der Waals surface area (Å²) in [6.45, 7) is 0.529. The first kappa shape index (κ1) is 21.9. The number of aryl methyl sites for hydroxylation is 1. The summed E-state index contributed by atoms with van der Waals surface area (Å²) in [4.78, 5) is 10.2. The fraction of sp³-hybridized carbons (Fsp3) is 0.389. The first-order chi connectivity index (χ1) is 14.2. The highest BCUT2D eigenvalue weighted by molar-refractivity contribution is 7.89. The number of nitrogens with one attached hydrogen (secondary N) is 2. The number of benzene rings is 1. The van der Waals surface area contributed by atoms with Crippen LogP contribution < -0.4 is 15.8 Å². The highest BCUT2D eigenvalue weighted by Gasteiger charge is 2.21. The van der Waals surface area contributed by atoms with Gasteiger partial charge in [-0.05, 0) is 14.1 Å². The van der Waals surface area contributed by atoms with Crippen LogP contribution in [0.15, 0.2) is 35.4 Å². The van der Waals surface area contributed by atoms with Gasteiger partial charge in [-0.3, -0.25) is 0 Å². The SMILES string of the molecule is CN(C)CC(O)CNS(=O)(=O)c1cnc(NCc2nc(N)n(C)n2)c2ccccc12. The van der Waals surface area contributed by atoms with Crippen molar-refractivity contribution in [1.82, 2.24) is 29.4 Å². The number of hydrogen-bond donors (Lipinski definition) is 4. The number of pyridine rings is 1. The molecule has 3 rings (SSSR count). The van der Waals surface area contributed by atoms with Crippen LogP contribution in [-0.2, 0) is 23.6 Å². The number of fused-ring (bicyclic) bond motifs is 1. The van der Waals surface area contributed by atoms with Gasteiger partial charge in [0.25, 0.3) is 0 Å². The number of anilines is 2. The van der Waals surface area contributed by atoms with E-state index in [-0.39, 0.29) is 18.0 Å². The summed E-state index contributed by atoms with van der Waals surface area (Å²) < 4.78 is 29.6. The fourth-order valence-corrected chi connectivity index (χ4v) is 4.21. The van der Waals surface area contributed by atoms with Crippen LogP contribution in [0.1, 0.15) is 5.82 Å². The first-order valence-electron chi connectivity index (χ1n) is 9.27. The van der Waals surface area contributed by atoms with Crippen molar-refractivity contribution in [2.75, 3.05) is 38.2 Å². The largest absolute Gasteiger partial charge is 0.390 e. The van der Waals surface area contributed by atoms with Crippen LogP contribution in [0.2, 0.25) is 0 Å². The summed E-state index contributed by atoms with van der Waals surface area (Å²) in [5, 5.41) is 18.4. The standard InChI is InChI=1S/C18H26N8O3S/c1-25(2)11-12(27)8-22-30(28,29)15-9-20-17(14-7-5-4-6-13(14)15)21-10-16-23-18(19)26(3)24-16/h4-7,9,12,22,27H,8,10-11H2,1-3H3,(H,20,21)(H2,19,23,24). The number of nitrogens with two attached hydrogens (primary N) is 1. The molecule has 0 spiro atoms. The lowest BCUT2D eigenvalue weighted by Gasteiger charge is -2.17. The summed E-state index contributed by atoms with van der Waals surface area (Å²) in [7, 11) is 1.43. The predicted molar refractivity (Wildman–Crippen MR) is 114 cm³/mol. The van der Waals surface area contributed by atoms with E-state index in [0.29, 0.717) is 34.9 Å². The molecule has 0 saturated carbocycles. The third-order valence-corrected chi connectivity index (χ3v) is 5.84. The van der Waals surface area contributed by atoms with Crippen molar-refractivity contribution in [3.63, 3.8) is 0 Å². The molecule has 1 unspecified atom stereocenters. The molecule has 12 heteroatoms. The molecule has 0 radical (unpaired) electrons. The maximum atomic E-state index is 12.8. The molecule has 0 saturated heterocycles. The van der Waals surface area contributed by atoms with Crippen molar-refractivity contribution < 1.29 is 13.5 Å². The Hall–Kier alpha value is -2.80. The predicted octanol–water partition coefficient (Wildman–Crippen LogP) is -0.242. The monoisotopic (exact) mass is 434 g/mol. The van der Waals surface area contributed by atoms with Gasteiger partial charge in [0.05, 0.1) is 12.6 Å². The molecular formula is C18H26N8O3S. The number of aromatic nitrogens is 4. The van der Waals surface area contributed by atoms with Gasteiger partial charge in [0, 0.05) is 37.1 Å². The van der Waals surface area contributed by atoms with Crippen molar-refractivity contribution >= 4 is 32.6 Å². The average Bonchev–Trinajstić information content (AvgIpc) is 3.01. The third kappa shape index (κ3) is 5.02. The van der Waals surface area contributed by atoms with Gasteiger partial charge < -0.3 is 21.1 Å². The molecule has 11 nitrogen and oxygen atoms in total. The number of sulfonamides is 1. The Morgan fingerprint density at radius 3 is 2.60 bits per heavy atom. The zero-order valence-corrected chi connectivity index (χ0v) is 17.9. The van der Waals surface area contributed by atoms with E-state index in [4.69, 9.17) is 5.73 Å². The van der Waals surface area contributed by atoms with E-state index >= 15 is 0 Å². The van der Waals surface area contributed by atoms with Crippen molar-refractivity contribution in [3.05, 3.63) is 36.3 Å². The summed E-state index contributed by atoms with van der Waals surface area (Å²) in [6, 6.07) is 7.05. The normalized spacial score (nSPS) is 13.1. The van der Waals surface area contributed by atoms with Crippen LogP contribution >= 0.6 is 0 Å². The molecular weight excluding hydrogens is 408 g/mol. The molecule has 1 aromatic carbocycles. The molecule has 2 heterocycles. The number of rotatable bonds is 9. The van der Waals surface area contributed by atoms with Gasteiger partial charge in [-0.2, -0.15) is 10.1 Å². The van der Waals surface area contributed by atoms with Crippen molar-refractivity contribution in [3.8, 4) is 0 Å². The van der Waals surface area contributed by atoms with E-state index in [1.54, 1.807) is 50.3 Å². The Balaban J connectivity index is 1.84. The molecule has 0 aliphatic rings. The van der Waals surface area contributed by atoms with Gasteiger partial charge in [0.2, 0.25) is 16.0 Å². The fourth-order valence-electron chi connectivity index (χ4n) is 2.98. The number of aliphatic hydroxyl groups is 1. The first-order valence-corrected chi connectivity index (χ1v) is 10.7. The molecule has 5 N–H and O–H groups in total. The Bertz CT molecular complexity index is 1110. The average molecular weight is 435 g/mol. The van der Waals surface area contributed by atoms with Gasteiger partial charge in [0.15, 0.2) is 5.82 Å². The van der Waals surface area contributed by atoms with Crippen molar-refractivity contribution in [2.24, 2.45) is 7.05 Å². The third-order valence-electron chi connectivity index (χ3n) is 4.39. The van der Waals surface area contributed by atoms with Crippen LogP contribution in [0.3, 0.4) is 0 Å². The second-order valence-electron chi connectivity index (χ2n) is 7.15. The molecule has 30 heavy (non-hydrogen) atoms. The Kier molecular flexibility index (Phi) is 6.51. The van der Waals surface area contributed by atoms with Crippen LogP contribution in [-0.4, -0.2) is 71.5 Å². The lowest BCUT2D eigenvalue weighted by Crippen LogP contribution is -2.37. The zero-order valence-electron chi connectivity index (χ0n) is 17.1. The highest BCUT2D eigenvalue weighted by atomic mass is 32.2. The van der Waals surface area contributed by atoms with Crippen molar-refractivity contribution in [2.45, 2.75) is 17.5 Å². The molecule has 0 amide bonds. The highest BCUT2D eigenvalue weighted by Crippen LogP contribution is 2.27. The minimum atomic E-state index is -3.87. The van der Waals surface area contributed by atoms with E-state index in [2.05, 4.69) is 25.1 Å². The van der Waals surface area contributed by atoms with Gasteiger partial charge in [0.1, 0.15) is 10.7 Å². The lowest BCUT2D eigenvalue weighted by molar-refractivity contribution is 0.140. The van der Waals surface area contributed by atoms with Crippen LogP contribution in [0, 0.1) is 0 Å². The summed E-state index contributed by atoms with van der Waals surface area (Å²) in [6.07, 6.45) is 0.471. The molecule has 162 valence electrons. The van der Waals surface area contributed by atoms with Gasteiger partial charge in [-0.25, -0.2) is 22.8 Å². The van der Waals surface area contributed by atoms with Gasteiger partial charge in [-0.15, -0.1) is 0 Å². The van der Waals surface area contributed by atoms with E-state index in [0.717, 1.165) is 0 Å². The second kappa shape index (κ2) is 8.92. The van der Waals surface area contributed by atoms with Gasteiger partial charge in [-0.1, -0.05) is 24.3 Å². The minimum Gasteiger partial charge on any atom is -0.390 e. The molecule has 0 aliphatic carbocycles. The maximum absolute atomic E-state index is 12.8. The Morgan fingerprint density at radius 2 is 1.97 bits per heavy atom. The molecule has 1 atom stereocenters. The summed E-state index contributed by atoms with van der Waals surface area (Å²) >= 11 is 0. The summed E-state index contributed by atoms with van der Waals surface area (Å²) in [5.74, 6) is 1.30. The summed E-state index contributed by atoms with van der Waals surface area (Å²) in [5.41, 5.74) is 5.70. The maximum Gasteiger partial charge on any atom is 0.242 e. The van der Waals surface area contributed by atoms with Gasteiger partial charge >= 0.3 is 0 Å². The molecule has 3 aromatic rings. The van der Waals surface area contributed by atoms with Crippen LogP contribution in [0.5, 0.6) is 0 Å². The quantitative estimate of drug-likeness (QED) is 0.357. The molecule has 0 fully saturated rings.